The minimum Gasteiger partial charge on any atom is -0.484 e. The fourth-order valence-electron chi connectivity index (χ4n) is 3.95. The minimum absolute atomic E-state index is 0.0159. The number of pyridine rings is 1. The number of halogens is 1. The standard InChI is InChI=1S/C25H28ClN3O2/c1-25(2,3)17-4-7-20(8-5-17)31-16-24(30)28-19-11-13-29(15-19)23-10-12-27-22-14-18(26)6-9-21(22)23/h4-10,12,14,19H,11,13,15-16H2,1-3H3,(H,28,30). The zero-order valence-corrected chi connectivity index (χ0v) is 18.9. The van der Waals surface area contributed by atoms with Gasteiger partial charge in [-0.15, -0.1) is 0 Å². The number of rotatable bonds is 5. The Morgan fingerprint density at radius 3 is 2.71 bits per heavy atom. The van der Waals surface area contributed by atoms with Crippen molar-refractivity contribution in [1.82, 2.24) is 10.3 Å². The molecule has 0 spiro atoms. The summed E-state index contributed by atoms with van der Waals surface area (Å²) in [6.07, 6.45) is 2.70. The number of benzene rings is 2. The van der Waals surface area contributed by atoms with E-state index in [9.17, 15) is 4.79 Å². The highest BCUT2D eigenvalue weighted by atomic mass is 35.5. The predicted octanol–water partition coefficient (Wildman–Crippen LogP) is 4.96. The average Bonchev–Trinajstić information content (AvgIpc) is 3.19. The third kappa shape index (κ3) is 5.10. The van der Waals surface area contributed by atoms with Crippen molar-refractivity contribution >= 4 is 34.1 Å². The summed E-state index contributed by atoms with van der Waals surface area (Å²) < 4.78 is 5.68. The van der Waals surface area contributed by atoms with Gasteiger partial charge < -0.3 is 15.0 Å². The fraction of sp³-hybridized carbons (Fsp3) is 0.360. The molecule has 1 unspecified atom stereocenters. The third-order valence-corrected chi connectivity index (χ3v) is 5.90. The number of hydrogen-bond donors (Lipinski definition) is 1. The summed E-state index contributed by atoms with van der Waals surface area (Å²) in [6.45, 7) is 8.17. The Kier molecular flexibility index (Phi) is 6.05. The van der Waals surface area contributed by atoms with Crippen LogP contribution in [0.1, 0.15) is 32.8 Å². The van der Waals surface area contributed by atoms with Crippen LogP contribution in [0.3, 0.4) is 0 Å². The monoisotopic (exact) mass is 437 g/mol. The molecule has 162 valence electrons. The molecule has 1 N–H and O–H groups in total. The number of anilines is 1. The lowest BCUT2D eigenvalue weighted by molar-refractivity contribution is -0.123. The van der Waals surface area contributed by atoms with Gasteiger partial charge in [0.25, 0.3) is 5.91 Å². The second-order valence-electron chi connectivity index (χ2n) is 9.05. The van der Waals surface area contributed by atoms with E-state index in [1.807, 2.05) is 48.5 Å². The number of fused-ring (bicyclic) bond motifs is 1. The second kappa shape index (κ2) is 8.75. The molecule has 1 aliphatic heterocycles. The first-order chi connectivity index (χ1) is 14.8. The first-order valence-corrected chi connectivity index (χ1v) is 11.0. The molecule has 3 aromatic rings. The van der Waals surface area contributed by atoms with E-state index in [1.165, 1.54) is 5.56 Å². The molecule has 1 aromatic heterocycles. The Balaban J connectivity index is 1.32. The quantitative estimate of drug-likeness (QED) is 0.613. The lowest BCUT2D eigenvalue weighted by Crippen LogP contribution is -2.39. The zero-order valence-electron chi connectivity index (χ0n) is 18.2. The van der Waals surface area contributed by atoms with E-state index in [4.69, 9.17) is 16.3 Å². The Morgan fingerprint density at radius 1 is 1.19 bits per heavy atom. The number of amides is 1. The van der Waals surface area contributed by atoms with E-state index < -0.39 is 0 Å². The van der Waals surface area contributed by atoms with Crippen LogP contribution in [0.2, 0.25) is 5.02 Å². The van der Waals surface area contributed by atoms with Crippen molar-refractivity contribution in [3.05, 3.63) is 65.3 Å². The van der Waals surface area contributed by atoms with Crippen LogP contribution in [0.25, 0.3) is 10.9 Å². The molecule has 6 heteroatoms. The van der Waals surface area contributed by atoms with Gasteiger partial charge >= 0.3 is 0 Å². The van der Waals surface area contributed by atoms with E-state index in [1.54, 1.807) is 6.20 Å². The fourth-order valence-corrected chi connectivity index (χ4v) is 4.11. The van der Waals surface area contributed by atoms with Gasteiger partial charge in [0.05, 0.1) is 5.52 Å². The van der Waals surface area contributed by atoms with E-state index in [2.05, 4.69) is 36.0 Å². The van der Waals surface area contributed by atoms with Crippen molar-refractivity contribution in [2.75, 3.05) is 24.6 Å². The van der Waals surface area contributed by atoms with Gasteiger partial charge in [-0.25, -0.2) is 0 Å². The lowest BCUT2D eigenvalue weighted by atomic mass is 9.87. The molecule has 1 aliphatic rings. The molecule has 5 nitrogen and oxygen atoms in total. The molecule has 2 aromatic carbocycles. The van der Waals surface area contributed by atoms with Gasteiger partial charge in [0.2, 0.25) is 0 Å². The molecule has 2 heterocycles. The van der Waals surface area contributed by atoms with Crippen molar-refractivity contribution in [1.29, 1.82) is 0 Å². The van der Waals surface area contributed by atoms with Crippen LogP contribution in [-0.2, 0) is 10.2 Å². The molecule has 1 fully saturated rings. The zero-order chi connectivity index (χ0) is 22.0. The maximum Gasteiger partial charge on any atom is 0.258 e. The van der Waals surface area contributed by atoms with Crippen LogP contribution in [0.5, 0.6) is 5.75 Å². The Hall–Kier alpha value is -2.79. The topological polar surface area (TPSA) is 54.5 Å². The Bertz CT molecular complexity index is 1080. The number of hydrogen-bond acceptors (Lipinski definition) is 4. The molecule has 31 heavy (non-hydrogen) atoms. The van der Waals surface area contributed by atoms with Gasteiger partial charge in [-0.2, -0.15) is 0 Å². The molecule has 1 amide bonds. The van der Waals surface area contributed by atoms with Crippen LogP contribution in [-0.4, -0.2) is 36.6 Å². The molecule has 0 saturated carbocycles. The van der Waals surface area contributed by atoms with Gasteiger partial charge in [-0.1, -0.05) is 44.5 Å². The Morgan fingerprint density at radius 2 is 1.97 bits per heavy atom. The summed E-state index contributed by atoms with van der Waals surface area (Å²) in [6, 6.07) is 15.8. The lowest BCUT2D eigenvalue weighted by Gasteiger charge is -2.21. The van der Waals surface area contributed by atoms with E-state index >= 15 is 0 Å². The smallest absolute Gasteiger partial charge is 0.258 e. The minimum atomic E-state index is -0.0990. The van der Waals surface area contributed by atoms with Crippen molar-refractivity contribution < 1.29 is 9.53 Å². The van der Waals surface area contributed by atoms with Crippen molar-refractivity contribution in [2.45, 2.75) is 38.6 Å². The van der Waals surface area contributed by atoms with Crippen molar-refractivity contribution in [3.8, 4) is 5.75 Å². The van der Waals surface area contributed by atoms with E-state index in [-0.39, 0.29) is 24.0 Å². The van der Waals surface area contributed by atoms with Gasteiger partial charge in [0.1, 0.15) is 5.75 Å². The van der Waals surface area contributed by atoms with Crippen LogP contribution in [0.4, 0.5) is 5.69 Å². The predicted molar refractivity (Wildman–Crippen MR) is 126 cm³/mol. The van der Waals surface area contributed by atoms with Gasteiger partial charge in [0.15, 0.2) is 6.61 Å². The summed E-state index contributed by atoms with van der Waals surface area (Å²) >= 11 is 6.10. The highest BCUT2D eigenvalue weighted by Gasteiger charge is 2.25. The van der Waals surface area contributed by atoms with Crippen LogP contribution < -0.4 is 15.0 Å². The van der Waals surface area contributed by atoms with Crippen LogP contribution in [0, 0.1) is 0 Å². The van der Waals surface area contributed by atoms with E-state index in [0.717, 1.165) is 36.1 Å². The maximum absolute atomic E-state index is 12.4. The van der Waals surface area contributed by atoms with Crippen LogP contribution >= 0.6 is 11.6 Å². The maximum atomic E-state index is 12.4. The number of carbonyl (C=O) groups is 1. The Labute approximate surface area is 188 Å². The summed E-state index contributed by atoms with van der Waals surface area (Å²) in [5, 5.41) is 4.85. The number of carbonyl (C=O) groups excluding carboxylic acids is 1. The largest absolute Gasteiger partial charge is 0.484 e. The van der Waals surface area contributed by atoms with Gasteiger partial charge in [0, 0.05) is 41.4 Å². The SMILES string of the molecule is CC(C)(C)c1ccc(OCC(=O)NC2CCN(c3ccnc4cc(Cl)ccc34)C2)cc1. The molecule has 1 atom stereocenters. The highest BCUT2D eigenvalue weighted by Crippen LogP contribution is 2.30. The van der Waals surface area contributed by atoms with Crippen molar-refractivity contribution in [3.63, 3.8) is 0 Å². The molecule has 1 saturated heterocycles. The summed E-state index contributed by atoms with van der Waals surface area (Å²) in [5.74, 6) is 0.608. The van der Waals surface area contributed by atoms with Gasteiger partial charge in [-0.05, 0) is 53.8 Å². The van der Waals surface area contributed by atoms with E-state index in [0.29, 0.717) is 10.8 Å². The number of ether oxygens (including phenoxy) is 1. The molecular weight excluding hydrogens is 410 g/mol. The average molecular weight is 438 g/mol. The normalized spacial score (nSPS) is 16.5. The molecule has 0 aliphatic carbocycles. The number of nitrogens with one attached hydrogen (secondary N) is 1. The molecule has 0 bridgehead atoms. The summed E-state index contributed by atoms with van der Waals surface area (Å²) in [5.41, 5.74) is 3.33. The molecule has 0 radical (unpaired) electrons. The number of aromatic nitrogens is 1. The summed E-state index contributed by atoms with van der Waals surface area (Å²) in [4.78, 5) is 19.1. The molecular formula is C25H28ClN3O2. The second-order valence-corrected chi connectivity index (χ2v) is 9.49. The van der Waals surface area contributed by atoms with Crippen molar-refractivity contribution in [2.24, 2.45) is 0 Å². The van der Waals surface area contributed by atoms with Crippen LogP contribution in [0.15, 0.2) is 54.7 Å². The third-order valence-electron chi connectivity index (χ3n) is 5.67. The molecule has 4 rings (SSSR count). The summed E-state index contributed by atoms with van der Waals surface area (Å²) in [7, 11) is 0. The van der Waals surface area contributed by atoms with Gasteiger partial charge in [-0.3, -0.25) is 9.78 Å². The highest BCUT2D eigenvalue weighted by molar-refractivity contribution is 6.31. The first-order valence-electron chi connectivity index (χ1n) is 10.6. The first kappa shape index (κ1) is 21.4. The number of nitrogens with zero attached hydrogens (tertiary/aromatic N) is 2.